The Morgan fingerprint density at radius 2 is 2.35 bits per heavy atom. The van der Waals surface area contributed by atoms with Crippen molar-refractivity contribution in [2.75, 3.05) is 0 Å². The summed E-state index contributed by atoms with van der Waals surface area (Å²) in [7, 11) is 0. The highest BCUT2D eigenvalue weighted by molar-refractivity contribution is 9.10. The van der Waals surface area contributed by atoms with E-state index in [0.29, 0.717) is 10.9 Å². The second-order valence-electron chi connectivity index (χ2n) is 3.54. The highest BCUT2D eigenvalue weighted by Gasteiger charge is 2.15. The predicted molar refractivity (Wildman–Crippen MR) is 70.0 cm³/mol. The van der Waals surface area contributed by atoms with Gasteiger partial charge in [0.2, 0.25) is 0 Å². The van der Waals surface area contributed by atoms with Crippen LogP contribution in [0.25, 0.3) is 0 Å². The maximum Gasteiger partial charge on any atom is 0.137 e. The fourth-order valence-corrected chi connectivity index (χ4v) is 2.67. The summed E-state index contributed by atoms with van der Waals surface area (Å²) >= 11 is 4.77. The van der Waals surface area contributed by atoms with Crippen LogP contribution in [0, 0.1) is 5.82 Å². The average Bonchev–Trinajstić information content (AvgIpc) is 2.85. The average molecular weight is 316 g/mol. The number of thiazole rings is 1. The Morgan fingerprint density at radius 1 is 1.53 bits per heavy atom. The zero-order valence-corrected chi connectivity index (χ0v) is 11.3. The summed E-state index contributed by atoms with van der Waals surface area (Å²) in [5, 5.41) is 0. The molecule has 0 spiro atoms. The minimum Gasteiger partial charge on any atom is -0.271 e. The highest BCUT2D eigenvalue weighted by Crippen LogP contribution is 2.26. The van der Waals surface area contributed by atoms with Crippen molar-refractivity contribution in [3.05, 3.63) is 50.6 Å². The Kier molecular flexibility index (Phi) is 4.22. The molecule has 90 valence electrons. The van der Waals surface area contributed by atoms with Crippen molar-refractivity contribution in [1.29, 1.82) is 0 Å². The molecule has 0 aliphatic rings. The van der Waals surface area contributed by atoms with Crippen LogP contribution in [0.1, 0.15) is 16.5 Å². The lowest BCUT2D eigenvalue weighted by Gasteiger charge is -2.14. The summed E-state index contributed by atoms with van der Waals surface area (Å²) in [6.45, 7) is 0. The first-order valence-corrected chi connectivity index (χ1v) is 6.67. The van der Waals surface area contributed by atoms with Gasteiger partial charge in [-0.25, -0.2) is 4.39 Å². The first-order valence-electron chi connectivity index (χ1n) is 4.99. The molecule has 0 saturated heterocycles. The van der Waals surface area contributed by atoms with Crippen LogP contribution < -0.4 is 11.3 Å². The molecule has 17 heavy (non-hydrogen) atoms. The second kappa shape index (κ2) is 5.68. The van der Waals surface area contributed by atoms with Crippen LogP contribution >= 0.6 is 27.3 Å². The van der Waals surface area contributed by atoms with Gasteiger partial charge in [0.25, 0.3) is 0 Å². The smallest absolute Gasteiger partial charge is 0.137 e. The number of hydrazine groups is 1. The molecule has 1 unspecified atom stereocenters. The van der Waals surface area contributed by atoms with Crippen LogP contribution in [0.3, 0.4) is 0 Å². The number of nitrogens with one attached hydrogen (secondary N) is 1. The molecule has 0 aliphatic carbocycles. The number of hydrogen-bond acceptors (Lipinski definition) is 4. The van der Waals surface area contributed by atoms with Gasteiger partial charge in [-0.05, 0) is 34.0 Å². The number of rotatable bonds is 4. The number of halogens is 2. The molecule has 3 N–H and O–H groups in total. The van der Waals surface area contributed by atoms with E-state index >= 15 is 0 Å². The van der Waals surface area contributed by atoms with Gasteiger partial charge in [0, 0.05) is 11.1 Å². The summed E-state index contributed by atoms with van der Waals surface area (Å²) in [4.78, 5) is 5.04. The van der Waals surface area contributed by atoms with Gasteiger partial charge in [0.1, 0.15) is 5.82 Å². The largest absolute Gasteiger partial charge is 0.271 e. The van der Waals surface area contributed by atoms with Crippen LogP contribution in [0.2, 0.25) is 0 Å². The molecule has 0 fully saturated rings. The molecule has 0 aliphatic heterocycles. The van der Waals surface area contributed by atoms with Crippen molar-refractivity contribution in [1.82, 2.24) is 10.4 Å². The number of aromatic nitrogens is 1. The van der Waals surface area contributed by atoms with E-state index in [-0.39, 0.29) is 11.9 Å². The summed E-state index contributed by atoms with van der Waals surface area (Å²) < 4.78 is 13.9. The van der Waals surface area contributed by atoms with E-state index in [1.165, 1.54) is 17.4 Å². The van der Waals surface area contributed by atoms with Gasteiger partial charge in [-0.15, -0.1) is 11.3 Å². The molecule has 0 bridgehead atoms. The molecule has 1 aromatic heterocycles. The second-order valence-corrected chi connectivity index (χ2v) is 5.25. The molecule has 1 aromatic carbocycles. The first-order chi connectivity index (χ1) is 8.22. The number of hydrogen-bond donors (Lipinski definition) is 2. The maximum absolute atomic E-state index is 13.4. The van der Waals surface area contributed by atoms with Gasteiger partial charge >= 0.3 is 0 Å². The standard InChI is InChI=1S/C11H11BrFN3S/c12-11-7(2-1-3-8(11)13)4-9(16-14)10-5-15-6-17-10/h1-3,5-6,9,16H,4,14H2. The minimum absolute atomic E-state index is 0.0550. The van der Waals surface area contributed by atoms with Gasteiger partial charge < -0.3 is 0 Å². The zero-order valence-electron chi connectivity index (χ0n) is 8.86. The van der Waals surface area contributed by atoms with Gasteiger partial charge in [-0.3, -0.25) is 16.3 Å². The fraction of sp³-hybridized carbons (Fsp3) is 0.182. The van der Waals surface area contributed by atoms with Crippen LogP contribution in [-0.4, -0.2) is 4.98 Å². The van der Waals surface area contributed by atoms with Crippen molar-refractivity contribution in [2.24, 2.45) is 5.84 Å². The van der Waals surface area contributed by atoms with Gasteiger partial charge in [0.15, 0.2) is 0 Å². The summed E-state index contributed by atoms with van der Waals surface area (Å²) in [6.07, 6.45) is 2.37. The van der Waals surface area contributed by atoms with E-state index in [9.17, 15) is 4.39 Å². The van der Waals surface area contributed by atoms with E-state index in [1.807, 2.05) is 6.07 Å². The highest BCUT2D eigenvalue weighted by atomic mass is 79.9. The quantitative estimate of drug-likeness (QED) is 0.674. The van der Waals surface area contributed by atoms with E-state index in [2.05, 4.69) is 26.3 Å². The van der Waals surface area contributed by atoms with Crippen LogP contribution in [0.4, 0.5) is 4.39 Å². The molecule has 0 amide bonds. The lowest BCUT2D eigenvalue weighted by Crippen LogP contribution is -2.29. The molecule has 2 rings (SSSR count). The lowest BCUT2D eigenvalue weighted by molar-refractivity contribution is 0.553. The molecule has 1 atom stereocenters. The van der Waals surface area contributed by atoms with Crippen molar-refractivity contribution in [2.45, 2.75) is 12.5 Å². The van der Waals surface area contributed by atoms with Crippen LogP contribution in [-0.2, 0) is 6.42 Å². The number of nitrogens with zero attached hydrogens (tertiary/aromatic N) is 1. The van der Waals surface area contributed by atoms with Gasteiger partial charge in [-0.1, -0.05) is 12.1 Å². The number of nitrogens with two attached hydrogens (primary N) is 1. The SMILES string of the molecule is NNC(Cc1cccc(F)c1Br)c1cncs1. The van der Waals surface area contributed by atoms with E-state index in [0.717, 1.165) is 10.4 Å². The lowest BCUT2D eigenvalue weighted by atomic mass is 10.1. The molecule has 1 heterocycles. The maximum atomic E-state index is 13.4. The Labute approximate surface area is 111 Å². The molecular formula is C11H11BrFN3S. The molecular weight excluding hydrogens is 305 g/mol. The monoisotopic (exact) mass is 315 g/mol. The van der Waals surface area contributed by atoms with Gasteiger partial charge in [0.05, 0.1) is 16.0 Å². The third kappa shape index (κ3) is 2.90. The Hall–Kier alpha value is -0.820. The third-order valence-corrected chi connectivity index (χ3v) is 4.23. The Balaban J connectivity index is 2.22. The van der Waals surface area contributed by atoms with Crippen molar-refractivity contribution in [3.8, 4) is 0 Å². The van der Waals surface area contributed by atoms with Crippen molar-refractivity contribution >= 4 is 27.3 Å². The molecule has 2 aromatic rings. The predicted octanol–water partition coefficient (Wildman–Crippen LogP) is 2.79. The van der Waals surface area contributed by atoms with Crippen molar-refractivity contribution < 1.29 is 4.39 Å². The third-order valence-electron chi connectivity index (χ3n) is 2.45. The first kappa shape index (κ1) is 12.6. The topological polar surface area (TPSA) is 50.9 Å². The molecule has 0 saturated carbocycles. The minimum atomic E-state index is -0.262. The molecule has 6 heteroatoms. The Morgan fingerprint density at radius 3 is 3.00 bits per heavy atom. The number of benzene rings is 1. The normalized spacial score (nSPS) is 12.6. The fourth-order valence-electron chi connectivity index (χ4n) is 1.57. The molecule has 0 radical (unpaired) electrons. The summed E-state index contributed by atoms with van der Waals surface area (Å²) in [5.74, 6) is 5.26. The van der Waals surface area contributed by atoms with E-state index < -0.39 is 0 Å². The summed E-state index contributed by atoms with van der Waals surface area (Å²) in [6, 6.07) is 4.93. The van der Waals surface area contributed by atoms with E-state index in [4.69, 9.17) is 5.84 Å². The van der Waals surface area contributed by atoms with Crippen LogP contribution in [0.5, 0.6) is 0 Å². The van der Waals surface area contributed by atoms with Crippen LogP contribution in [0.15, 0.2) is 34.4 Å². The molecule has 3 nitrogen and oxygen atoms in total. The van der Waals surface area contributed by atoms with E-state index in [1.54, 1.807) is 17.8 Å². The summed E-state index contributed by atoms with van der Waals surface area (Å²) in [5.41, 5.74) is 5.35. The van der Waals surface area contributed by atoms with Gasteiger partial charge in [-0.2, -0.15) is 0 Å². The Bertz CT molecular complexity index is 489. The zero-order chi connectivity index (χ0) is 12.3. The van der Waals surface area contributed by atoms with Crippen molar-refractivity contribution in [3.63, 3.8) is 0 Å².